The van der Waals surface area contributed by atoms with Crippen LogP contribution in [-0.4, -0.2) is 93.7 Å². The van der Waals surface area contributed by atoms with Gasteiger partial charge in [0, 0.05) is 82.5 Å². The molecule has 2 aromatic rings. The normalized spacial score (nSPS) is 22.8. The fraction of sp³-hybridized carbons (Fsp3) is 0.483. The number of pyridine rings is 1. The average molecular weight is 587 g/mol. The van der Waals surface area contributed by atoms with Gasteiger partial charge in [-0.1, -0.05) is 6.07 Å². The third-order valence-corrected chi connectivity index (χ3v) is 9.08. The topological polar surface area (TPSA) is 113 Å². The number of hydrogen-bond acceptors (Lipinski definition) is 9. The summed E-state index contributed by atoms with van der Waals surface area (Å²) >= 11 is 0. The highest BCUT2D eigenvalue weighted by molar-refractivity contribution is 7.93. The highest BCUT2D eigenvalue weighted by atomic mass is 32.2. The number of aromatic nitrogens is 1. The van der Waals surface area contributed by atoms with Gasteiger partial charge in [0.05, 0.1) is 24.6 Å². The molecule has 10 nitrogen and oxygen atoms in total. The molecule has 0 amide bonds. The molecule has 0 aliphatic carbocycles. The predicted molar refractivity (Wildman–Crippen MR) is 155 cm³/mol. The van der Waals surface area contributed by atoms with Crippen LogP contribution in [0.1, 0.15) is 25.0 Å². The molecule has 1 aromatic heterocycles. The number of methoxy groups -OCH3 is 1. The minimum Gasteiger partial charge on any atom is -0.378 e. The molecule has 0 saturated carbocycles. The molecule has 12 heteroatoms. The van der Waals surface area contributed by atoms with Crippen LogP contribution in [-0.2, 0) is 31.8 Å². The first-order valence-corrected chi connectivity index (χ1v) is 15.5. The maximum absolute atomic E-state index is 15.5. The molecule has 222 valence electrons. The van der Waals surface area contributed by atoms with Gasteiger partial charge >= 0.3 is 0 Å². The lowest BCUT2D eigenvalue weighted by atomic mass is 9.97. The summed E-state index contributed by atoms with van der Waals surface area (Å²) in [5.74, 6) is -0.396. The van der Waals surface area contributed by atoms with Crippen molar-refractivity contribution >= 4 is 10.0 Å². The Balaban J connectivity index is 1.40. The van der Waals surface area contributed by atoms with Gasteiger partial charge in [-0.3, -0.25) is 14.8 Å². The number of nitrogens with two attached hydrogens (primary N) is 1. The molecule has 0 radical (unpaired) electrons. The second-order valence-corrected chi connectivity index (χ2v) is 12.4. The van der Waals surface area contributed by atoms with Crippen LogP contribution in [0.5, 0.6) is 0 Å². The van der Waals surface area contributed by atoms with Crippen LogP contribution in [0.2, 0.25) is 0 Å². The number of allylic oxidation sites excluding steroid dienone is 1. The summed E-state index contributed by atoms with van der Waals surface area (Å²) in [5, 5.41) is 8.85. The number of nitrogens with one attached hydrogen (secondary N) is 1. The van der Waals surface area contributed by atoms with E-state index in [1.165, 1.54) is 19.4 Å². The fourth-order valence-corrected chi connectivity index (χ4v) is 6.62. The third kappa shape index (κ3) is 6.32. The number of primary sulfonamides is 1. The van der Waals surface area contributed by atoms with Crippen LogP contribution >= 0.6 is 0 Å². The third-order valence-electron chi connectivity index (χ3n) is 8.06. The van der Waals surface area contributed by atoms with Gasteiger partial charge in [-0.25, -0.2) is 17.9 Å². The largest absolute Gasteiger partial charge is 0.378 e. The van der Waals surface area contributed by atoms with E-state index < -0.39 is 21.6 Å². The molecule has 0 spiro atoms. The lowest BCUT2D eigenvalue weighted by molar-refractivity contribution is 0.00198. The van der Waals surface area contributed by atoms with Crippen LogP contribution in [0.15, 0.2) is 59.4 Å². The van der Waals surface area contributed by atoms with Crippen molar-refractivity contribution in [3.8, 4) is 11.3 Å². The van der Waals surface area contributed by atoms with Crippen molar-refractivity contribution in [1.82, 2.24) is 25.0 Å². The summed E-state index contributed by atoms with van der Waals surface area (Å²) in [7, 11) is -2.81. The Morgan fingerprint density at radius 2 is 1.85 bits per heavy atom. The molecule has 41 heavy (non-hydrogen) atoms. The Morgan fingerprint density at radius 3 is 2.49 bits per heavy atom. The molecule has 0 bridgehead atoms. The summed E-state index contributed by atoms with van der Waals surface area (Å²) in [6, 6.07) is 8.98. The Hall–Kier alpha value is -2.87. The number of halogens is 1. The number of nitrogens with zero attached hydrogens (tertiary/aromatic N) is 4. The van der Waals surface area contributed by atoms with Gasteiger partial charge < -0.3 is 19.7 Å². The first kappa shape index (κ1) is 29.6. The number of morpholine rings is 1. The lowest BCUT2D eigenvalue weighted by Gasteiger charge is -2.39. The number of dihydropyridines is 1. The first-order chi connectivity index (χ1) is 19.6. The van der Waals surface area contributed by atoms with Crippen LogP contribution in [0.3, 0.4) is 0 Å². The Labute approximate surface area is 241 Å². The molecule has 3 N–H and O–H groups in total. The van der Waals surface area contributed by atoms with Crippen LogP contribution < -0.4 is 10.5 Å². The van der Waals surface area contributed by atoms with E-state index in [1.807, 2.05) is 11.0 Å². The summed E-state index contributed by atoms with van der Waals surface area (Å²) in [6.45, 7) is 11.3. The molecular formula is C29H39FN6O4S. The smallest absolute Gasteiger partial charge is 0.239 e. The number of ether oxygens (including phenoxy) is 2. The monoisotopic (exact) mass is 586 g/mol. The van der Waals surface area contributed by atoms with Gasteiger partial charge in [-0.15, -0.1) is 0 Å². The summed E-state index contributed by atoms with van der Waals surface area (Å²) < 4.78 is 52.4. The lowest BCUT2D eigenvalue weighted by Crippen LogP contribution is -2.50. The SMILES string of the molecule is COC1(c2ccnc(-c3ccc(CN4CCN(C(C)C)CC4)cc3F)c2)NC=C(N2CCOCC2)C=C1S(N)(=O)=O. The van der Waals surface area contributed by atoms with E-state index in [9.17, 15) is 8.42 Å². The summed E-state index contributed by atoms with van der Waals surface area (Å²) in [5.41, 5.74) is 1.03. The van der Waals surface area contributed by atoms with E-state index in [-0.39, 0.29) is 4.91 Å². The van der Waals surface area contributed by atoms with Crippen molar-refractivity contribution in [2.45, 2.75) is 32.2 Å². The zero-order valence-corrected chi connectivity index (χ0v) is 24.7. The number of piperazine rings is 1. The van der Waals surface area contributed by atoms with Crippen molar-refractivity contribution in [3.63, 3.8) is 0 Å². The standard InChI is InChI=1S/C29H39FN6O4S/c1-21(2)35-10-8-34(9-11-35)20-22-4-5-25(26(30)16-22)27-17-23(6-7-32-27)29(39-3)28(41(31,37)38)18-24(19-33-29)36-12-14-40-15-13-36/h4-7,16-19,21,33H,8-15,20H2,1-3H3,(H2,31,37,38). The minimum absolute atomic E-state index is 0.151. The van der Waals surface area contributed by atoms with Crippen molar-refractivity contribution in [2.24, 2.45) is 5.14 Å². The zero-order chi connectivity index (χ0) is 29.2. The van der Waals surface area contributed by atoms with Gasteiger partial charge in [0.2, 0.25) is 15.7 Å². The van der Waals surface area contributed by atoms with Gasteiger partial charge in [0.25, 0.3) is 0 Å². The van der Waals surface area contributed by atoms with Crippen molar-refractivity contribution < 1.29 is 22.3 Å². The Morgan fingerprint density at radius 1 is 1.12 bits per heavy atom. The van der Waals surface area contributed by atoms with Crippen LogP contribution in [0.25, 0.3) is 11.3 Å². The van der Waals surface area contributed by atoms with E-state index >= 15 is 4.39 Å². The van der Waals surface area contributed by atoms with Crippen LogP contribution in [0, 0.1) is 5.82 Å². The average Bonchev–Trinajstić information content (AvgIpc) is 2.97. The van der Waals surface area contributed by atoms with Gasteiger partial charge in [0.15, 0.2) is 0 Å². The van der Waals surface area contributed by atoms with E-state index in [4.69, 9.17) is 14.6 Å². The molecule has 4 heterocycles. The van der Waals surface area contributed by atoms with Gasteiger partial charge in [-0.05, 0) is 49.8 Å². The van der Waals surface area contributed by atoms with E-state index in [0.717, 1.165) is 31.7 Å². The fourth-order valence-electron chi connectivity index (χ4n) is 5.67. The molecule has 1 unspecified atom stereocenters. The van der Waals surface area contributed by atoms with Gasteiger partial charge in [-0.2, -0.15) is 0 Å². The number of hydrogen-bond donors (Lipinski definition) is 2. The summed E-state index contributed by atoms with van der Waals surface area (Å²) in [6.07, 6.45) is 4.74. The molecule has 3 aliphatic rings. The maximum atomic E-state index is 15.5. The second kappa shape index (κ2) is 12.2. The van der Waals surface area contributed by atoms with Gasteiger partial charge in [0.1, 0.15) is 10.7 Å². The van der Waals surface area contributed by atoms with E-state index in [1.54, 1.807) is 30.5 Å². The molecule has 2 fully saturated rings. The quantitative estimate of drug-likeness (QED) is 0.481. The minimum atomic E-state index is -4.21. The Bertz CT molecular complexity index is 1420. The maximum Gasteiger partial charge on any atom is 0.239 e. The molecular weight excluding hydrogens is 547 g/mol. The van der Waals surface area contributed by atoms with E-state index in [2.05, 4.69) is 33.9 Å². The summed E-state index contributed by atoms with van der Waals surface area (Å²) in [4.78, 5) is 11.0. The van der Waals surface area contributed by atoms with E-state index in [0.29, 0.717) is 61.4 Å². The number of sulfonamides is 1. The molecule has 2 saturated heterocycles. The molecule has 1 aromatic carbocycles. The number of rotatable bonds is 8. The molecule has 5 rings (SSSR count). The van der Waals surface area contributed by atoms with Crippen molar-refractivity contribution in [2.75, 3.05) is 59.6 Å². The zero-order valence-electron chi connectivity index (χ0n) is 23.8. The van der Waals surface area contributed by atoms with Crippen LogP contribution in [0.4, 0.5) is 4.39 Å². The highest BCUT2D eigenvalue weighted by Crippen LogP contribution is 2.38. The number of benzene rings is 1. The Kier molecular flexibility index (Phi) is 8.78. The van der Waals surface area contributed by atoms with Crippen molar-refractivity contribution in [1.29, 1.82) is 0 Å². The first-order valence-electron chi connectivity index (χ1n) is 13.9. The molecule has 1 atom stereocenters. The predicted octanol–water partition coefficient (Wildman–Crippen LogP) is 2.16. The molecule has 3 aliphatic heterocycles. The van der Waals surface area contributed by atoms with Crippen molar-refractivity contribution in [3.05, 3.63) is 76.4 Å². The highest BCUT2D eigenvalue weighted by Gasteiger charge is 2.44. The second-order valence-electron chi connectivity index (χ2n) is 10.9.